The monoisotopic (exact) mass is 362 g/mol. The van der Waals surface area contributed by atoms with Gasteiger partial charge < -0.3 is 15.4 Å². The largest absolute Gasteiger partial charge is 0.364 e. The van der Waals surface area contributed by atoms with Gasteiger partial charge in [-0.2, -0.15) is 0 Å². The zero-order valence-electron chi connectivity index (χ0n) is 14.4. The highest BCUT2D eigenvalue weighted by atomic mass is 32.1. The van der Waals surface area contributed by atoms with Crippen LogP contribution in [0.4, 0.5) is 5.69 Å². The van der Waals surface area contributed by atoms with Gasteiger partial charge >= 0.3 is 0 Å². The van der Waals surface area contributed by atoms with Gasteiger partial charge in [0.1, 0.15) is 18.2 Å². The predicted octanol–water partition coefficient (Wildman–Crippen LogP) is 2.53. The Labute approximate surface area is 150 Å². The number of aromatic nitrogens is 2. The van der Waals surface area contributed by atoms with E-state index >= 15 is 0 Å². The number of rotatable bonds is 9. The lowest BCUT2D eigenvalue weighted by molar-refractivity contribution is -0.126. The number of aryl methyl sites for hydroxylation is 1. The summed E-state index contributed by atoms with van der Waals surface area (Å²) in [6, 6.07) is 7.49. The molecule has 0 aliphatic rings. The average Bonchev–Trinajstić information content (AvgIpc) is 3.06. The van der Waals surface area contributed by atoms with Crippen LogP contribution in [0.15, 0.2) is 24.3 Å². The van der Waals surface area contributed by atoms with E-state index < -0.39 is 0 Å². The van der Waals surface area contributed by atoms with Gasteiger partial charge in [0, 0.05) is 12.2 Å². The number of carbonyl (C=O) groups excluding carboxylic acids is 2. The standard InChI is InChI=1S/C17H22N4O3S/c1-3-4-9-18-14(22)10-24-11-15-20-21-17(25-15)16(23)19-13-7-5-12(2)6-8-13/h5-8H,3-4,9-11H2,1-2H3,(H,18,22)(H,19,23). The molecule has 8 heteroatoms. The van der Waals surface area contributed by atoms with Crippen molar-refractivity contribution in [1.29, 1.82) is 0 Å². The molecule has 0 aliphatic carbocycles. The summed E-state index contributed by atoms with van der Waals surface area (Å²) in [4.78, 5) is 23.6. The first kappa shape index (κ1) is 19.0. The minimum atomic E-state index is -0.315. The molecule has 134 valence electrons. The Kier molecular flexibility index (Phi) is 7.49. The Morgan fingerprint density at radius 3 is 2.68 bits per heavy atom. The highest BCUT2D eigenvalue weighted by Gasteiger charge is 2.13. The second kappa shape index (κ2) is 9.85. The minimum Gasteiger partial charge on any atom is -0.364 e. The van der Waals surface area contributed by atoms with Gasteiger partial charge in [0.2, 0.25) is 10.9 Å². The molecular weight excluding hydrogens is 340 g/mol. The predicted molar refractivity (Wildman–Crippen MR) is 96.6 cm³/mol. The second-order valence-corrected chi connectivity index (χ2v) is 6.58. The number of amides is 2. The van der Waals surface area contributed by atoms with Crippen molar-refractivity contribution in [3.05, 3.63) is 39.8 Å². The lowest BCUT2D eigenvalue weighted by atomic mass is 10.2. The van der Waals surface area contributed by atoms with Crippen molar-refractivity contribution in [2.45, 2.75) is 33.3 Å². The van der Waals surface area contributed by atoms with Crippen molar-refractivity contribution in [3.8, 4) is 0 Å². The number of unbranched alkanes of at least 4 members (excludes halogenated alkanes) is 1. The van der Waals surface area contributed by atoms with Gasteiger partial charge in [0.15, 0.2) is 0 Å². The van der Waals surface area contributed by atoms with Gasteiger partial charge in [-0.3, -0.25) is 9.59 Å². The fraction of sp³-hybridized carbons (Fsp3) is 0.412. The van der Waals surface area contributed by atoms with Crippen molar-refractivity contribution < 1.29 is 14.3 Å². The molecular formula is C17H22N4O3S. The summed E-state index contributed by atoms with van der Waals surface area (Å²) < 4.78 is 5.30. The number of hydrogen-bond acceptors (Lipinski definition) is 6. The molecule has 7 nitrogen and oxygen atoms in total. The van der Waals surface area contributed by atoms with Gasteiger partial charge in [0.25, 0.3) is 5.91 Å². The molecule has 2 N–H and O–H groups in total. The second-order valence-electron chi connectivity index (χ2n) is 5.52. The van der Waals surface area contributed by atoms with E-state index in [4.69, 9.17) is 4.74 Å². The molecule has 0 saturated carbocycles. The lowest BCUT2D eigenvalue weighted by Crippen LogP contribution is -2.28. The number of carbonyl (C=O) groups is 2. The van der Waals surface area contributed by atoms with E-state index in [1.54, 1.807) is 0 Å². The van der Waals surface area contributed by atoms with Crippen molar-refractivity contribution >= 4 is 28.8 Å². The first-order valence-electron chi connectivity index (χ1n) is 8.13. The fourth-order valence-corrected chi connectivity index (χ4v) is 2.58. The molecule has 0 radical (unpaired) electrons. The van der Waals surface area contributed by atoms with E-state index in [0.29, 0.717) is 17.2 Å². The lowest BCUT2D eigenvalue weighted by Gasteiger charge is -2.04. The molecule has 25 heavy (non-hydrogen) atoms. The van der Waals surface area contributed by atoms with Gasteiger partial charge in [-0.05, 0) is 25.5 Å². The molecule has 2 rings (SSSR count). The third-order valence-electron chi connectivity index (χ3n) is 3.28. The van der Waals surface area contributed by atoms with Crippen LogP contribution < -0.4 is 10.6 Å². The van der Waals surface area contributed by atoms with Crippen LogP contribution in [0, 0.1) is 6.92 Å². The zero-order chi connectivity index (χ0) is 18.1. The van der Waals surface area contributed by atoms with Crippen LogP contribution in [-0.4, -0.2) is 35.2 Å². The highest BCUT2D eigenvalue weighted by molar-refractivity contribution is 7.13. The molecule has 1 heterocycles. The summed E-state index contributed by atoms with van der Waals surface area (Å²) in [5.74, 6) is -0.472. The quantitative estimate of drug-likeness (QED) is 0.669. The SMILES string of the molecule is CCCCNC(=O)COCc1nnc(C(=O)Nc2ccc(C)cc2)s1. The van der Waals surface area contributed by atoms with E-state index in [0.717, 1.165) is 29.7 Å². The Balaban J connectivity index is 1.76. The molecule has 0 bridgehead atoms. The summed E-state index contributed by atoms with van der Waals surface area (Å²) >= 11 is 1.15. The molecule has 1 aromatic carbocycles. The maximum atomic E-state index is 12.1. The van der Waals surface area contributed by atoms with E-state index in [9.17, 15) is 9.59 Å². The van der Waals surface area contributed by atoms with Gasteiger partial charge in [0.05, 0.1) is 0 Å². The molecule has 0 unspecified atom stereocenters. The molecule has 0 atom stereocenters. The molecule has 1 aromatic heterocycles. The number of benzene rings is 1. The van der Waals surface area contributed by atoms with E-state index in [1.807, 2.05) is 31.2 Å². The third kappa shape index (κ3) is 6.60. The summed E-state index contributed by atoms with van der Waals surface area (Å²) in [5, 5.41) is 14.1. The summed E-state index contributed by atoms with van der Waals surface area (Å²) in [7, 11) is 0. The van der Waals surface area contributed by atoms with Crippen molar-refractivity contribution in [2.75, 3.05) is 18.5 Å². The first-order valence-corrected chi connectivity index (χ1v) is 8.95. The summed E-state index contributed by atoms with van der Waals surface area (Å²) in [5.41, 5.74) is 1.82. The Hall–Kier alpha value is -2.32. The van der Waals surface area contributed by atoms with E-state index in [1.165, 1.54) is 0 Å². The number of hydrogen-bond donors (Lipinski definition) is 2. The van der Waals surface area contributed by atoms with Crippen LogP contribution in [0.1, 0.15) is 40.1 Å². The topological polar surface area (TPSA) is 93.2 Å². The van der Waals surface area contributed by atoms with Gasteiger partial charge in [-0.1, -0.05) is 42.4 Å². The van der Waals surface area contributed by atoms with Crippen LogP contribution in [-0.2, 0) is 16.1 Å². The Bertz CT molecular complexity index is 700. The Morgan fingerprint density at radius 1 is 1.20 bits per heavy atom. The minimum absolute atomic E-state index is 0.0335. The zero-order valence-corrected chi connectivity index (χ0v) is 15.2. The Morgan fingerprint density at radius 2 is 1.96 bits per heavy atom. The normalized spacial score (nSPS) is 10.5. The van der Waals surface area contributed by atoms with Crippen LogP contribution in [0.2, 0.25) is 0 Å². The molecule has 0 spiro atoms. The first-order chi connectivity index (χ1) is 12.1. The smallest absolute Gasteiger partial charge is 0.286 e. The van der Waals surface area contributed by atoms with Crippen LogP contribution in [0.5, 0.6) is 0 Å². The molecule has 0 saturated heterocycles. The van der Waals surface area contributed by atoms with E-state index in [-0.39, 0.29) is 30.0 Å². The van der Waals surface area contributed by atoms with Gasteiger partial charge in [-0.15, -0.1) is 10.2 Å². The van der Waals surface area contributed by atoms with Crippen LogP contribution in [0.3, 0.4) is 0 Å². The summed E-state index contributed by atoms with van der Waals surface area (Å²) in [6.45, 7) is 4.81. The van der Waals surface area contributed by atoms with Crippen molar-refractivity contribution in [2.24, 2.45) is 0 Å². The maximum absolute atomic E-state index is 12.1. The molecule has 0 fully saturated rings. The highest BCUT2D eigenvalue weighted by Crippen LogP contribution is 2.14. The molecule has 2 amide bonds. The number of ether oxygens (including phenoxy) is 1. The van der Waals surface area contributed by atoms with Crippen molar-refractivity contribution in [1.82, 2.24) is 15.5 Å². The third-order valence-corrected chi connectivity index (χ3v) is 4.18. The number of nitrogens with one attached hydrogen (secondary N) is 2. The van der Waals surface area contributed by atoms with Crippen molar-refractivity contribution in [3.63, 3.8) is 0 Å². The summed E-state index contributed by atoms with van der Waals surface area (Å²) in [6.07, 6.45) is 1.97. The fourth-order valence-electron chi connectivity index (χ4n) is 1.91. The van der Waals surface area contributed by atoms with Crippen LogP contribution in [0.25, 0.3) is 0 Å². The number of nitrogens with zero attached hydrogens (tertiary/aromatic N) is 2. The van der Waals surface area contributed by atoms with E-state index in [2.05, 4.69) is 27.8 Å². The average molecular weight is 362 g/mol. The molecule has 0 aliphatic heterocycles. The maximum Gasteiger partial charge on any atom is 0.286 e. The molecule has 2 aromatic rings. The number of anilines is 1. The van der Waals surface area contributed by atoms with Gasteiger partial charge in [-0.25, -0.2) is 0 Å². The van der Waals surface area contributed by atoms with Crippen LogP contribution >= 0.6 is 11.3 Å².